The second kappa shape index (κ2) is 14.2. The maximum absolute atomic E-state index is 13.2. The van der Waals surface area contributed by atoms with Crippen LogP contribution in [0.2, 0.25) is 0 Å². The van der Waals surface area contributed by atoms with Gasteiger partial charge in [-0.1, -0.05) is 38.5 Å². The molecule has 222 valence electrons. The molecule has 0 radical (unpaired) electrons. The maximum Gasteiger partial charge on any atom is 0.256 e. The number of nitrogens with zero attached hydrogens (tertiary/aromatic N) is 4. The zero-order valence-electron chi connectivity index (χ0n) is 24.9. The van der Waals surface area contributed by atoms with Gasteiger partial charge in [0.05, 0.1) is 31.0 Å². The summed E-state index contributed by atoms with van der Waals surface area (Å²) in [6.07, 6.45) is 13.8. The molecule has 3 aliphatic heterocycles. The first kappa shape index (κ1) is 29.4. The number of unbranched alkanes of at least 4 members (excludes halogenated alkanes) is 7. The van der Waals surface area contributed by atoms with Crippen molar-refractivity contribution in [2.24, 2.45) is 4.99 Å². The summed E-state index contributed by atoms with van der Waals surface area (Å²) in [7, 11) is 1.67. The predicted molar refractivity (Wildman–Crippen MR) is 164 cm³/mol. The van der Waals surface area contributed by atoms with Gasteiger partial charge in [0.15, 0.2) is 11.5 Å². The third kappa shape index (κ3) is 7.39. The number of amides is 2. The summed E-state index contributed by atoms with van der Waals surface area (Å²) in [6.45, 7) is 8.07. The van der Waals surface area contributed by atoms with Gasteiger partial charge in [-0.05, 0) is 67.3 Å². The fourth-order valence-electron chi connectivity index (χ4n) is 6.33. The van der Waals surface area contributed by atoms with Crippen LogP contribution in [0.25, 0.3) is 10.8 Å². The molecule has 41 heavy (non-hydrogen) atoms. The van der Waals surface area contributed by atoms with Crippen molar-refractivity contribution < 1.29 is 19.1 Å². The summed E-state index contributed by atoms with van der Waals surface area (Å²) in [4.78, 5) is 35.7. The van der Waals surface area contributed by atoms with Crippen LogP contribution in [0.5, 0.6) is 11.5 Å². The number of hydrogen-bond acceptors (Lipinski definition) is 6. The third-order valence-electron chi connectivity index (χ3n) is 8.86. The van der Waals surface area contributed by atoms with Crippen molar-refractivity contribution in [2.75, 3.05) is 53.0 Å². The highest BCUT2D eigenvalue weighted by Gasteiger charge is 2.31. The van der Waals surface area contributed by atoms with Crippen molar-refractivity contribution >= 4 is 34.5 Å². The van der Waals surface area contributed by atoms with E-state index < -0.39 is 0 Å². The van der Waals surface area contributed by atoms with Gasteiger partial charge in [-0.2, -0.15) is 0 Å². The lowest BCUT2D eigenvalue weighted by molar-refractivity contribution is -0.130. The molecule has 2 aromatic carbocycles. The number of carbonyl (C=O) groups excluding carboxylic acids is 2. The van der Waals surface area contributed by atoms with Gasteiger partial charge in [-0.3, -0.25) is 19.5 Å². The van der Waals surface area contributed by atoms with Crippen molar-refractivity contribution in [2.45, 2.75) is 77.2 Å². The van der Waals surface area contributed by atoms with E-state index in [1.165, 1.54) is 38.5 Å². The number of carbonyl (C=O) groups is 2. The Morgan fingerprint density at radius 3 is 2.29 bits per heavy atom. The lowest BCUT2D eigenvalue weighted by Crippen LogP contribution is -2.48. The molecule has 3 heterocycles. The summed E-state index contributed by atoms with van der Waals surface area (Å²) >= 11 is 0. The molecule has 0 unspecified atom stereocenters. The highest BCUT2D eigenvalue weighted by molar-refractivity contribution is 6.07. The summed E-state index contributed by atoms with van der Waals surface area (Å²) in [5.41, 5.74) is 1.40. The summed E-state index contributed by atoms with van der Waals surface area (Å²) in [6, 6.07) is 8.05. The highest BCUT2D eigenvalue weighted by atomic mass is 16.5. The number of piperazine rings is 1. The molecule has 3 aliphatic rings. The first-order chi connectivity index (χ1) is 20.0. The predicted octanol–water partition coefficient (Wildman–Crippen LogP) is 5.83. The Labute approximate surface area is 244 Å². The van der Waals surface area contributed by atoms with E-state index in [1.807, 2.05) is 40.3 Å². The summed E-state index contributed by atoms with van der Waals surface area (Å²) < 4.78 is 11.8. The van der Waals surface area contributed by atoms with Crippen LogP contribution >= 0.6 is 0 Å². The average molecular weight is 563 g/mol. The van der Waals surface area contributed by atoms with Crippen LogP contribution in [0, 0.1) is 0 Å². The Balaban J connectivity index is 1.00. The molecule has 2 fully saturated rings. The smallest absolute Gasteiger partial charge is 0.256 e. The van der Waals surface area contributed by atoms with Gasteiger partial charge >= 0.3 is 0 Å². The van der Waals surface area contributed by atoms with Crippen molar-refractivity contribution in [3.05, 3.63) is 29.8 Å². The van der Waals surface area contributed by atoms with Gasteiger partial charge in [0.2, 0.25) is 5.91 Å². The standard InChI is InChI=1S/C33H46N4O4/c1-25(38)36-17-15-35(16-18-36)13-9-7-5-3-4-6-8-10-19-41-32-23-26-20-29-30(21-27(26)22-31(32)40-2)34-24-28-12-11-14-37(28)33(29)39/h20-24,28H,3-19H2,1-2H3/t28-/m0/s1. The zero-order valence-corrected chi connectivity index (χ0v) is 24.9. The van der Waals surface area contributed by atoms with Crippen LogP contribution in [0.15, 0.2) is 29.3 Å². The fraction of sp³-hybridized carbons (Fsp3) is 0.606. The molecule has 0 spiro atoms. The molecule has 5 rings (SSSR count). The molecule has 8 heteroatoms. The second-order valence-electron chi connectivity index (χ2n) is 11.7. The first-order valence-corrected chi connectivity index (χ1v) is 15.6. The van der Waals surface area contributed by atoms with Crippen molar-refractivity contribution in [3.8, 4) is 11.5 Å². The van der Waals surface area contributed by atoms with Crippen LogP contribution in [-0.4, -0.2) is 91.8 Å². The molecule has 2 saturated heterocycles. The molecular weight excluding hydrogens is 516 g/mol. The normalized spacial score (nSPS) is 18.9. The Morgan fingerprint density at radius 1 is 0.878 bits per heavy atom. The molecule has 2 amide bonds. The van der Waals surface area contributed by atoms with Gasteiger partial charge in [-0.25, -0.2) is 0 Å². The number of benzene rings is 2. The fourth-order valence-corrected chi connectivity index (χ4v) is 6.33. The van der Waals surface area contributed by atoms with E-state index in [0.717, 1.165) is 87.2 Å². The number of methoxy groups -OCH3 is 1. The highest BCUT2D eigenvalue weighted by Crippen LogP contribution is 2.37. The van der Waals surface area contributed by atoms with Crippen LogP contribution in [0.3, 0.4) is 0 Å². The van der Waals surface area contributed by atoms with E-state index in [4.69, 9.17) is 9.47 Å². The lowest BCUT2D eigenvalue weighted by Gasteiger charge is -2.34. The van der Waals surface area contributed by atoms with E-state index in [2.05, 4.69) is 9.89 Å². The average Bonchev–Trinajstić information content (AvgIpc) is 3.42. The van der Waals surface area contributed by atoms with Gasteiger partial charge in [0.1, 0.15) is 0 Å². The van der Waals surface area contributed by atoms with Gasteiger partial charge in [0, 0.05) is 45.9 Å². The van der Waals surface area contributed by atoms with Gasteiger partial charge in [0.25, 0.3) is 5.91 Å². The van der Waals surface area contributed by atoms with E-state index >= 15 is 0 Å². The van der Waals surface area contributed by atoms with E-state index in [1.54, 1.807) is 14.0 Å². The molecule has 0 saturated carbocycles. The van der Waals surface area contributed by atoms with Crippen molar-refractivity contribution in [1.82, 2.24) is 14.7 Å². The van der Waals surface area contributed by atoms with E-state index in [9.17, 15) is 9.59 Å². The molecule has 1 atom stereocenters. The largest absolute Gasteiger partial charge is 0.493 e. The summed E-state index contributed by atoms with van der Waals surface area (Å²) in [5, 5.41) is 1.97. The van der Waals surface area contributed by atoms with Crippen LogP contribution in [-0.2, 0) is 4.79 Å². The van der Waals surface area contributed by atoms with Gasteiger partial charge in [-0.15, -0.1) is 0 Å². The first-order valence-electron chi connectivity index (χ1n) is 15.6. The SMILES string of the molecule is COc1cc2cc3c(cc2cc1OCCCCCCCCCCN1CCN(C(C)=O)CC1)C(=O)N1CCC[C@H]1C=N3. The molecular formula is C33H46N4O4. The van der Waals surface area contributed by atoms with Crippen LogP contribution < -0.4 is 9.47 Å². The van der Waals surface area contributed by atoms with E-state index in [0.29, 0.717) is 17.9 Å². The third-order valence-corrected chi connectivity index (χ3v) is 8.86. The van der Waals surface area contributed by atoms with Crippen LogP contribution in [0.4, 0.5) is 5.69 Å². The number of hydrogen-bond donors (Lipinski definition) is 0. The number of aliphatic imine (C=N–C) groups is 1. The molecule has 0 bridgehead atoms. The molecule has 0 N–H and O–H groups in total. The molecule has 0 aliphatic carbocycles. The molecule has 0 aromatic heterocycles. The van der Waals surface area contributed by atoms with Gasteiger partial charge < -0.3 is 19.3 Å². The monoisotopic (exact) mass is 562 g/mol. The number of ether oxygens (including phenoxy) is 2. The van der Waals surface area contributed by atoms with Crippen molar-refractivity contribution in [1.29, 1.82) is 0 Å². The maximum atomic E-state index is 13.2. The minimum atomic E-state index is 0.0735. The summed E-state index contributed by atoms with van der Waals surface area (Å²) in [5.74, 6) is 1.71. The lowest BCUT2D eigenvalue weighted by atomic mass is 10.0. The minimum absolute atomic E-state index is 0.0735. The molecule has 8 nitrogen and oxygen atoms in total. The van der Waals surface area contributed by atoms with Crippen molar-refractivity contribution in [3.63, 3.8) is 0 Å². The minimum Gasteiger partial charge on any atom is -0.493 e. The van der Waals surface area contributed by atoms with Crippen LogP contribution in [0.1, 0.15) is 81.5 Å². The Bertz CT molecular complexity index is 1240. The number of fused-ring (bicyclic) bond motifs is 3. The number of rotatable bonds is 13. The second-order valence-corrected chi connectivity index (χ2v) is 11.7. The Morgan fingerprint density at radius 2 is 1.56 bits per heavy atom. The van der Waals surface area contributed by atoms with E-state index in [-0.39, 0.29) is 17.9 Å². The quantitative estimate of drug-likeness (QED) is 0.287. The molecule has 2 aromatic rings. The zero-order chi connectivity index (χ0) is 28.6. The Hall–Kier alpha value is -3.13. The Kier molecular flexibility index (Phi) is 10.1. The topological polar surface area (TPSA) is 74.7 Å².